The minimum absolute atomic E-state index is 0.0498. The van der Waals surface area contributed by atoms with E-state index in [1.807, 2.05) is 27.2 Å². The number of nitrogens with one attached hydrogen (secondary N) is 1. The van der Waals surface area contributed by atoms with Gasteiger partial charge in [-0.15, -0.1) is 0 Å². The third-order valence-corrected chi connectivity index (χ3v) is 14.5. The quantitative estimate of drug-likeness (QED) is 0.0243. The Balaban J connectivity index is 4.25. The first-order valence-electron chi connectivity index (χ1n) is 31.1. The van der Waals surface area contributed by atoms with Crippen LogP contribution in [-0.4, -0.2) is 73.4 Å². The number of likely N-dealkylation sites (N-methyl/N-ethyl adjacent to an activating group) is 1. The summed E-state index contributed by atoms with van der Waals surface area (Å²) >= 11 is 0. The standard InChI is InChI=1S/C66H119N2O6P/c1-6-8-10-12-14-16-18-20-22-24-26-28-30-32-34-36-38-40-42-44-46-48-50-52-54-56-58-60-66(70)67-64(63-74-75(71,72)73-62-61-68(3,4)5)65(69)59-57-55-53-51-49-47-45-43-41-39-37-35-33-31-29-27-25-23-21-19-17-15-13-11-9-7-2/h8,10,14,16,20,22,26,28,32,34,38,40,49,51,57,59,64-65,69H,6-7,9,11-13,15,17-19,21,23-25,27,29-31,33,35-37,39,41-48,50,52-56,58,60-63H2,1-5H3,(H-,67,70,71,72)/p+1/b10-8-,16-14-,22-20-,28-26-,34-32-,40-38-,51-49+,59-57+. The smallest absolute Gasteiger partial charge is 0.387 e. The van der Waals surface area contributed by atoms with Gasteiger partial charge in [0.2, 0.25) is 5.91 Å². The summed E-state index contributed by atoms with van der Waals surface area (Å²) in [7, 11) is 1.54. The summed E-state index contributed by atoms with van der Waals surface area (Å²) in [6, 6.07) is -0.876. The molecule has 0 aromatic heterocycles. The van der Waals surface area contributed by atoms with E-state index in [9.17, 15) is 19.4 Å². The second-order valence-corrected chi connectivity index (χ2v) is 23.5. The number of phosphoric ester groups is 1. The highest BCUT2D eigenvalue weighted by molar-refractivity contribution is 7.47. The first-order valence-corrected chi connectivity index (χ1v) is 32.6. The fraction of sp³-hybridized carbons (Fsp3) is 0.742. The molecule has 434 valence electrons. The van der Waals surface area contributed by atoms with Crippen LogP contribution in [0.2, 0.25) is 0 Å². The predicted octanol–water partition coefficient (Wildman–Crippen LogP) is 19.4. The molecule has 0 aromatic carbocycles. The van der Waals surface area contributed by atoms with Gasteiger partial charge >= 0.3 is 7.82 Å². The van der Waals surface area contributed by atoms with Crippen LogP contribution in [0.5, 0.6) is 0 Å². The van der Waals surface area contributed by atoms with Crippen LogP contribution in [0.4, 0.5) is 0 Å². The van der Waals surface area contributed by atoms with Crippen LogP contribution < -0.4 is 5.32 Å². The van der Waals surface area contributed by atoms with Gasteiger partial charge in [0, 0.05) is 6.42 Å². The maximum absolute atomic E-state index is 13.0. The number of nitrogens with zero attached hydrogens (tertiary/aromatic N) is 1. The Morgan fingerprint density at radius 2 is 0.813 bits per heavy atom. The zero-order chi connectivity index (χ0) is 54.9. The highest BCUT2D eigenvalue weighted by Gasteiger charge is 2.27. The number of unbranched alkanes of at least 4 members (excludes halogenated alkanes) is 29. The summed E-state index contributed by atoms with van der Waals surface area (Å²) in [5.41, 5.74) is 0. The molecular formula is C66H120N2O6P+. The fourth-order valence-electron chi connectivity index (χ4n) is 8.71. The molecule has 0 aliphatic heterocycles. The Bertz CT molecular complexity index is 1540. The lowest BCUT2D eigenvalue weighted by atomic mass is 10.0. The molecule has 0 bridgehead atoms. The van der Waals surface area contributed by atoms with Gasteiger partial charge in [-0.3, -0.25) is 13.8 Å². The molecule has 3 unspecified atom stereocenters. The van der Waals surface area contributed by atoms with Gasteiger partial charge in [-0.2, -0.15) is 0 Å². The van der Waals surface area contributed by atoms with Gasteiger partial charge in [-0.25, -0.2) is 4.57 Å². The minimum atomic E-state index is -4.37. The molecular weight excluding hydrogens is 948 g/mol. The summed E-state index contributed by atoms with van der Waals surface area (Å²) < 4.78 is 23.7. The van der Waals surface area contributed by atoms with Crippen molar-refractivity contribution in [2.24, 2.45) is 0 Å². The number of quaternary nitrogens is 1. The number of carbonyl (C=O) groups is 1. The van der Waals surface area contributed by atoms with E-state index in [0.717, 1.165) is 89.9 Å². The first-order chi connectivity index (χ1) is 36.5. The SMILES string of the molecule is CC/C=C\C/C=C\C/C=C\C/C=C\C/C=C\C/C=C\CCCCCCCCCCC(=O)NC(COP(=O)(O)OCC[N+](C)(C)C)C(O)/C=C/CC/C=C/CCCCCCCCCCCCCCCCCCCCCC. The number of allylic oxidation sites excluding steroid dienone is 15. The van der Waals surface area contributed by atoms with Crippen molar-refractivity contribution >= 4 is 13.7 Å². The van der Waals surface area contributed by atoms with Crippen molar-refractivity contribution < 1.29 is 32.9 Å². The largest absolute Gasteiger partial charge is 0.472 e. The third-order valence-electron chi connectivity index (χ3n) is 13.5. The average molecular weight is 1070 g/mol. The summed E-state index contributed by atoms with van der Waals surface area (Å²) in [6.07, 6.45) is 81.0. The average Bonchev–Trinajstić information content (AvgIpc) is 3.37. The molecule has 0 aromatic rings. The van der Waals surface area contributed by atoms with Crippen molar-refractivity contribution in [3.63, 3.8) is 0 Å². The molecule has 0 aliphatic carbocycles. The first kappa shape index (κ1) is 72.4. The molecule has 0 saturated heterocycles. The van der Waals surface area contributed by atoms with Crippen LogP contribution in [0, 0.1) is 0 Å². The van der Waals surface area contributed by atoms with Crippen molar-refractivity contribution in [2.45, 2.75) is 276 Å². The van der Waals surface area contributed by atoms with E-state index in [2.05, 4.69) is 104 Å². The van der Waals surface area contributed by atoms with E-state index in [4.69, 9.17) is 9.05 Å². The Kier molecular flexibility index (Phi) is 54.2. The molecule has 3 atom stereocenters. The molecule has 0 fully saturated rings. The number of carbonyl (C=O) groups excluding carboxylic acids is 1. The number of rotatable bonds is 56. The van der Waals surface area contributed by atoms with Crippen molar-refractivity contribution in [1.29, 1.82) is 0 Å². The van der Waals surface area contributed by atoms with Gasteiger partial charge in [0.05, 0.1) is 39.9 Å². The van der Waals surface area contributed by atoms with Gasteiger partial charge in [-0.1, -0.05) is 272 Å². The maximum atomic E-state index is 13.0. The lowest BCUT2D eigenvalue weighted by molar-refractivity contribution is -0.870. The van der Waals surface area contributed by atoms with Crippen molar-refractivity contribution in [3.05, 3.63) is 97.2 Å². The van der Waals surface area contributed by atoms with Crippen LogP contribution in [-0.2, 0) is 18.4 Å². The molecule has 0 aliphatic rings. The fourth-order valence-corrected chi connectivity index (χ4v) is 9.45. The summed E-state index contributed by atoms with van der Waals surface area (Å²) in [4.78, 5) is 23.3. The molecule has 0 spiro atoms. The molecule has 0 radical (unpaired) electrons. The monoisotopic (exact) mass is 1070 g/mol. The van der Waals surface area contributed by atoms with E-state index >= 15 is 0 Å². The van der Waals surface area contributed by atoms with Crippen molar-refractivity contribution in [3.8, 4) is 0 Å². The van der Waals surface area contributed by atoms with E-state index in [1.165, 1.54) is 154 Å². The zero-order valence-corrected chi connectivity index (χ0v) is 50.4. The molecule has 0 heterocycles. The van der Waals surface area contributed by atoms with Crippen molar-refractivity contribution in [1.82, 2.24) is 5.32 Å². The van der Waals surface area contributed by atoms with Gasteiger partial charge in [0.1, 0.15) is 13.2 Å². The molecule has 0 rings (SSSR count). The predicted molar refractivity (Wildman–Crippen MR) is 327 cm³/mol. The molecule has 75 heavy (non-hydrogen) atoms. The number of aliphatic hydroxyl groups is 1. The molecule has 9 heteroatoms. The van der Waals surface area contributed by atoms with E-state index in [-0.39, 0.29) is 19.1 Å². The number of hydrogen-bond acceptors (Lipinski definition) is 5. The molecule has 0 saturated carbocycles. The highest BCUT2D eigenvalue weighted by Crippen LogP contribution is 2.43. The van der Waals surface area contributed by atoms with Crippen LogP contribution >= 0.6 is 7.82 Å². The second-order valence-electron chi connectivity index (χ2n) is 22.0. The normalized spacial score (nSPS) is 14.5. The number of hydrogen-bond donors (Lipinski definition) is 3. The number of aliphatic hydroxyl groups excluding tert-OH is 1. The molecule has 1 amide bonds. The van der Waals surface area contributed by atoms with E-state index < -0.39 is 20.0 Å². The van der Waals surface area contributed by atoms with Crippen LogP contribution in [0.25, 0.3) is 0 Å². The third kappa shape index (κ3) is 58.9. The van der Waals surface area contributed by atoms with Crippen LogP contribution in [0.1, 0.15) is 264 Å². The lowest BCUT2D eigenvalue weighted by Crippen LogP contribution is -2.45. The second kappa shape index (κ2) is 56.2. The maximum Gasteiger partial charge on any atom is 0.472 e. The van der Waals surface area contributed by atoms with E-state index in [0.29, 0.717) is 17.4 Å². The Labute approximate surface area is 464 Å². The topological polar surface area (TPSA) is 105 Å². The Morgan fingerprint density at radius 1 is 0.467 bits per heavy atom. The summed E-state index contributed by atoms with van der Waals surface area (Å²) in [5.74, 6) is -0.197. The minimum Gasteiger partial charge on any atom is -0.387 e. The molecule has 3 N–H and O–H groups in total. The van der Waals surface area contributed by atoms with E-state index in [1.54, 1.807) is 6.08 Å². The number of phosphoric acid groups is 1. The summed E-state index contributed by atoms with van der Waals surface area (Å²) in [6.45, 7) is 4.69. The van der Waals surface area contributed by atoms with Crippen LogP contribution in [0.3, 0.4) is 0 Å². The number of amides is 1. The van der Waals surface area contributed by atoms with Crippen LogP contribution in [0.15, 0.2) is 97.2 Å². The summed E-state index contributed by atoms with van der Waals surface area (Å²) in [5, 5.41) is 13.9. The van der Waals surface area contributed by atoms with Crippen molar-refractivity contribution in [2.75, 3.05) is 40.9 Å². The van der Waals surface area contributed by atoms with Gasteiger partial charge in [0.25, 0.3) is 0 Å². The molecule has 8 nitrogen and oxygen atoms in total. The van der Waals surface area contributed by atoms with Gasteiger partial charge in [-0.05, 0) is 83.5 Å². The highest BCUT2D eigenvalue weighted by atomic mass is 31.2. The van der Waals surface area contributed by atoms with Gasteiger partial charge in [0.15, 0.2) is 0 Å². The Morgan fingerprint density at radius 3 is 1.23 bits per heavy atom. The Hall–Kier alpha value is -2.58. The lowest BCUT2D eigenvalue weighted by Gasteiger charge is -2.25. The van der Waals surface area contributed by atoms with Gasteiger partial charge < -0.3 is 19.8 Å². The zero-order valence-electron chi connectivity index (χ0n) is 49.5.